The normalized spacial score (nSPS) is 11.8. The summed E-state index contributed by atoms with van der Waals surface area (Å²) in [4.78, 5) is 0. The Morgan fingerprint density at radius 2 is 2.00 bits per heavy atom. The third-order valence-corrected chi connectivity index (χ3v) is 4.14. The van der Waals surface area contributed by atoms with Gasteiger partial charge in [0.15, 0.2) is 0 Å². The first-order valence-electron chi connectivity index (χ1n) is 6.26. The molecule has 20 heavy (non-hydrogen) atoms. The molecule has 5 nitrogen and oxygen atoms in total. The maximum absolute atomic E-state index is 13.4. The Morgan fingerprint density at radius 3 is 2.65 bits per heavy atom. The zero-order chi connectivity index (χ0) is 15.2. The number of nitrogens with zero attached hydrogens (tertiary/aromatic N) is 1. The van der Waals surface area contributed by atoms with Gasteiger partial charge < -0.3 is 5.32 Å². The average Bonchev–Trinajstić information content (AvgIpc) is 2.38. The van der Waals surface area contributed by atoms with Gasteiger partial charge in [0.2, 0.25) is 0 Å². The number of nitrogens with one attached hydrogen (secondary N) is 2. The lowest BCUT2D eigenvalue weighted by atomic mass is 10.3. The van der Waals surface area contributed by atoms with E-state index in [9.17, 15) is 17.2 Å². The highest BCUT2D eigenvalue weighted by Crippen LogP contribution is 2.17. The average molecular weight is 307 g/mol. The molecule has 0 amide bonds. The number of anilines is 1. The van der Waals surface area contributed by atoms with Crippen LogP contribution in [0, 0.1) is 11.6 Å². The molecule has 0 spiro atoms. The van der Waals surface area contributed by atoms with Crippen LogP contribution in [-0.2, 0) is 10.2 Å². The largest absolute Gasteiger partial charge is 0.317 e. The van der Waals surface area contributed by atoms with Crippen LogP contribution in [0.4, 0.5) is 14.5 Å². The number of rotatable bonds is 8. The van der Waals surface area contributed by atoms with Crippen LogP contribution < -0.4 is 10.0 Å². The van der Waals surface area contributed by atoms with E-state index in [4.69, 9.17) is 0 Å². The first-order valence-corrected chi connectivity index (χ1v) is 7.70. The fraction of sp³-hybridized carbons (Fsp3) is 0.500. The first-order chi connectivity index (χ1) is 9.36. The standard InChI is InChI=1S/C12H19F2N3O2S/c1-3-15-7-4-8-17(2)20(18,19)16-12-9-10(13)5-6-11(12)14/h5-6,9,15-16H,3-4,7-8H2,1-2H3. The van der Waals surface area contributed by atoms with Crippen molar-refractivity contribution in [1.29, 1.82) is 0 Å². The third-order valence-electron chi connectivity index (χ3n) is 2.65. The minimum Gasteiger partial charge on any atom is -0.317 e. The van der Waals surface area contributed by atoms with E-state index in [-0.39, 0.29) is 6.54 Å². The second-order valence-corrected chi connectivity index (χ2v) is 6.04. The molecule has 1 aromatic carbocycles. The quantitative estimate of drug-likeness (QED) is 0.716. The second kappa shape index (κ2) is 7.51. The van der Waals surface area contributed by atoms with Crippen molar-refractivity contribution >= 4 is 15.9 Å². The molecule has 1 aromatic rings. The zero-order valence-corrected chi connectivity index (χ0v) is 12.3. The summed E-state index contributed by atoms with van der Waals surface area (Å²) >= 11 is 0. The Kier molecular flexibility index (Phi) is 6.31. The van der Waals surface area contributed by atoms with Crippen molar-refractivity contribution in [2.45, 2.75) is 13.3 Å². The molecule has 8 heteroatoms. The van der Waals surface area contributed by atoms with Crippen LogP contribution in [-0.4, -0.2) is 39.4 Å². The molecule has 0 atom stereocenters. The highest BCUT2D eigenvalue weighted by Gasteiger charge is 2.19. The molecule has 0 radical (unpaired) electrons. The van der Waals surface area contributed by atoms with Crippen molar-refractivity contribution in [2.75, 3.05) is 31.4 Å². The predicted octanol–water partition coefficient (Wildman–Crippen LogP) is 1.55. The van der Waals surface area contributed by atoms with Gasteiger partial charge in [-0.15, -0.1) is 0 Å². The molecule has 114 valence electrons. The smallest absolute Gasteiger partial charge is 0.301 e. The molecule has 0 bridgehead atoms. The minimum absolute atomic E-state index is 0.277. The van der Waals surface area contributed by atoms with Gasteiger partial charge in [-0.2, -0.15) is 12.7 Å². The molecule has 0 aliphatic heterocycles. The Labute approximate surface area is 118 Å². The highest BCUT2D eigenvalue weighted by molar-refractivity contribution is 7.90. The third kappa shape index (κ3) is 5.03. The summed E-state index contributed by atoms with van der Waals surface area (Å²) in [6.45, 7) is 3.72. The maximum Gasteiger partial charge on any atom is 0.301 e. The van der Waals surface area contributed by atoms with Crippen LogP contribution >= 0.6 is 0 Å². The lowest BCUT2D eigenvalue weighted by Gasteiger charge is -2.18. The Bertz CT molecular complexity index is 538. The van der Waals surface area contributed by atoms with E-state index >= 15 is 0 Å². The number of hydrogen-bond donors (Lipinski definition) is 2. The number of benzene rings is 1. The fourth-order valence-electron chi connectivity index (χ4n) is 1.52. The second-order valence-electron chi connectivity index (χ2n) is 4.26. The summed E-state index contributed by atoms with van der Waals surface area (Å²) in [6.07, 6.45) is 0.622. The van der Waals surface area contributed by atoms with Crippen molar-refractivity contribution in [3.05, 3.63) is 29.8 Å². The first kappa shape index (κ1) is 16.8. The van der Waals surface area contributed by atoms with E-state index in [1.54, 1.807) is 0 Å². The van der Waals surface area contributed by atoms with Crippen LogP contribution in [0.3, 0.4) is 0 Å². The van der Waals surface area contributed by atoms with Crippen LogP contribution in [0.15, 0.2) is 18.2 Å². The minimum atomic E-state index is -3.89. The van der Waals surface area contributed by atoms with Gasteiger partial charge in [0.05, 0.1) is 5.69 Å². The fourth-order valence-corrected chi connectivity index (χ4v) is 2.48. The van der Waals surface area contributed by atoms with Crippen LogP contribution in [0.5, 0.6) is 0 Å². The van der Waals surface area contributed by atoms with Crippen molar-refractivity contribution in [2.24, 2.45) is 0 Å². The molecule has 0 aliphatic carbocycles. The molecule has 0 heterocycles. The Hall–Kier alpha value is -1.25. The van der Waals surface area contributed by atoms with Gasteiger partial charge in [-0.05, 0) is 31.6 Å². The van der Waals surface area contributed by atoms with Gasteiger partial charge in [0.25, 0.3) is 0 Å². The molecule has 2 N–H and O–H groups in total. The predicted molar refractivity (Wildman–Crippen MR) is 74.7 cm³/mol. The molecule has 0 aromatic heterocycles. The van der Waals surface area contributed by atoms with Gasteiger partial charge in [-0.25, -0.2) is 8.78 Å². The SMILES string of the molecule is CCNCCCN(C)S(=O)(=O)Nc1cc(F)ccc1F. The Balaban J connectivity index is 2.66. The van der Waals surface area contributed by atoms with Gasteiger partial charge in [0, 0.05) is 19.7 Å². The van der Waals surface area contributed by atoms with E-state index in [0.717, 1.165) is 29.0 Å². The molecular formula is C12H19F2N3O2S. The number of hydrogen-bond acceptors (Lipinski definition) is 3. The highest BCUT2D eigenvalue weighted by atomic mass is 32.2. The van der Waals surface area contributed by atoms with Gasteiger partial charge in [-0.1, -0.05) is 6.92 Å². The Morgan fingerprint density at radius 1 is 1.30 bits per heavy atom. The van der Waals surface area contributed by atoms with Gasteiger partial charge in [0.1, 0.15) is 11.6 Å². The van der Waals surface area contributed by atoms with Crippen molar-refractivity contribution < 1.29 is 17.2 Å². The number of halogens is 2. The molecule has 0 unspecified atom stereocenters. The van der Waals surface area contributed by atoms with Gasteiger partial charge >= 0.3 is 10.2 Å². The van der Waals surface area contributed by atoms with Crippen LogP contribution in [0.25, 0.3) is 0 Å². The molecule has 0 fully saturated rings. The molecular weight excluding hydrogens is 288 g/mol. The van der Waals surface area contributed by atoms with E-state index < -0.39 is 27.5 Å². The van der Waals surface area contributed by atoms with E-state index in [1.165, 1.54) is 7.05 Å². The van der Waals surface area contributed by atoms with Crippen LogP contribution in [0.2, 0.25) is 0 Å². The van der Waals surface area contributed by atoms with Crippen molar-refractivity contribution in [1.82, 2.24) is 9.62 Å². The van der Waals surface area contributed by atoms with Gasteiger partial charge in [-0.3, -0.25) is 4.72 Å². The summed E-state index contributed by atoms with van der Waals surface area (Å²) in [5, 5.41) is 3.07. The summed E-state index contributed by atoms with van der Waals surface area (Å²) in [6, 6.07) is 2.60. The monoisotopic (exact) mass is 307 g/mol. The maximum atomic E-state index is 13.4. The van der Waals surface area contributed by atoms with E-state index in [1.807, 2.05) is 11.6 Å². The van der Waals surface area contributed by atoms with E-state index in [0.29, 0.717) is 13.0 Å². The van der Waals surface area contributed by atoms with Crippen molar-refractivity contribution in [3.8, 4) is 0 Å². The molecule has 1 rings (SSSR count). The van der Waals surface area contributed by atoms with Crippen molar-refractivity contribution in [3.63, 3.8) is 0 Å². The summed E-state index contributed by atoms with van der Waals surface area (Å²) in [7, 11) is -2.51. The molecule has 0 aliphatic rings. The summed E-state index contributed by atoms with van der Waals surface area (Å²) in [5.41, 5.74) is -0.400. The topological polar surface area (TPSA) is 61.4 Å². The lowest BCUT2D eigenvalue weighted by molar-refractivity contribution is 0.459. The van der Waals surface area contributed by atoms with Crippen LogP contribution in [0.1, 0.15) is 13.3 Å². The lowest BCUT2D eigenvalue weighted by Crippen LogP contribution is -2.34. The summed E-state index contributed by atoms with van der Waals surface area (Å²) < 4.78 is 53.3. The molecule has 0 saturated heterocycles. The molecule has 0 saturated carbocycles. The summed E-state index contributed by atoms with van der Waals surface area (Å²) in [5.74, 6) is -1.53. The van der Waals surface area contributed by atoms with E-state index in [2.05, 4.69) is 5.32 Å². The zero-order valence-electron chi connectivity index (χ0n) is 11.5.